The summed E-state index contributed by atoms with van der Waals surface area (Å²) in [4.78, 5) is 11.4. The van der Waals surface area contributed by atoms with E-state index in [2.05, 4.69) is 6.58 Å². The van der Waals surface area contributed by atoms with Crippen molar-refractivity contribution in [3.63, 3.8) is 0 Å². The fourth-order valence-electron chi connectivity index (χ4n) is 1.63. The van der Waals surface area contributed by atoms with E-state index in [4.69, 9.17) is 4.74 Å². The van der Waals surface area contributed by atoms with Crippen LogP contribution in [0.2, 0.25) is 0 Å². The summed E-state index contributed by atoms with van der Waals surface area (Å²) < 4.78 is 5.21. The second kappa shape index (κ2) is 11.7. The van der Waals surface area contributed by atoms with Crippen molar-refractivity contribution >= 4 is 5.97 Å². The Balaban J connectivity index is 3.22. The molecule has 0 fully saturated rings. The monoisotopic (exact) mass is 240 g/mol. The van der Waals surface area contributed by atoms with Crippen LogP contribution in [0.5, 0.6) is 0 Å². The van der Waals surface area contributed by atoms with Crippen LogP contribution >= 0.6 is 0 Å². The van der Waals surface area contributed by atoms with E-state index >= 15 is 0 Å². The van der Waals surface area contributed by atoms with E-state index in [0.717, 1.165) is 25.7 Å². The fraction of sp³-hybridized carbons (Fsp3) is 0.800. The van der Waals surface area contributed by atoms with Crippen LogP contribution in [0.3, 0.4) is 0 Å². The molecule has 0 aromatic rings. The van der Waals surface area contributed by atoms with Gasteiger partial charge in [0.05, 0.1) is 6.10 Å². The maximum atomic E-state index is 11.4. The maximum absolute atomic E-state index is 11.4. The molecular weight excluding hydrogens is 212 g/mol. The molecule has 2 nitrogen and oxygen atoms in total. The van der Waals surface area contributed by atoms with Crippen molar-refractivity contribution in [2.24, 2.45) is 0 Å². The van der Waals surface area contributed by atoms with Gasteiger partial charge in [0.15, 0.2) is 0 Å². The Morgan fingerprint density at radius 1 is 1.18 bits per heavy atom. The Morgan fingerprint density at radius 2 is 1.76 bits per heavy atom. The minimum absolute atomic E-state index is 0.0361. The second-order valence-electron chi connectivity index (χ2n) is 4.66. The normalized spacial score (nSPS) is 12.1. The van der Waals surface area contributed by atoms with Gasteiger partial charge in [-0.2, -0.15) is 0 Å². The first-order chi connectivity index (χ1) is 8.20. The number of ether oxygens (including phenoxy) is 1. The first-order valence-corrected chi connectivity index (χ1v) is 7.01. The zero-order chi connectivity index (χ0) is 12.9. The summed E-state index contributed by atoms with van der Waals surface area (Å²) in [6, 6.07) is 0. The molecule has 0 saturated heterocycles. The predicted molar refractivity (Wildman–Crippen MR) is 73.0 cm³/mol. The molecule has 1 unspecified atom stereocenters. The van der Waals surface area contributed by atoms with E-state index in [1.54, 1.807) is 0 Å². The molecule has 0 heterocycles. The molecule has 0 aliphatic carbocycles. The highest BCUT2D eigenvalue weighted by Crippen LogP contribution is 2.09. The van der Waals surface area contributed by atoms with E-state index < -0.39 is 0 Å². The van der Waals surface area contributed by atoms with Gasteiger partial charge >= 0.3 is 5.97 Å². The largest absolute Gasteiger partial charge is 0.463 e. The predicted octanol–water partition coefficient (Wildman–Crippen LogP) is 4.63. The summed E-state index contributed by atoms with van der Waals surface area (Å²) in [6.45, 7) is 7.68. The lowest BCUT2D eigenvalue weighted by molar-refractivity contribution is -0.148. The smallest absolute Gasteiger partial charge is 0.306 e. The summed E-state index contributed by atoms with van der Waals surface area (Å²) in [6.07, 6.45) is 11.8. The van der Waals surface area contributed by atoms with Crippen molar-refractivity contribution in [1.82, 2.24) is 0 Å². The zero-order valence-electron chi connectivity index (χ0n) is 11.5. The van der Waals surface area contributed by atoms with Crippen LogP contribution in [-0.2, 0) is 9.53 Å². The highest BCUT2D eigenvalue weighted by molar-refractivity contribution is 5.69. The van der Waals surface area contributed by atoms with Crippen molar-refractivity contribution in [2.75, 3.05) is 0 Å². The van der Waals surface area contributed by atoms with E-state index in [1.807, 2.05) is 19.9 Å². The molecule has 100 valence electrons. The lowest BCUT2D eigenvalue weighted by Gasteiger charge is -2.10. The van der Waals surface area contributed by atoms with Gasteiger partial charge in [-0.05, 0) is 32.6 Å². The average Bonchev–Trinajstić information content (AvgIpc) is 2.32. The van der Waals surface area contributed by atoms with Crippen molar-refractivity contribution in [1.29, 1.82) is 0 Å². The van der Waals surface area contributed by atoms with Gasteiger partial charge in [0.25, 0.3) is 0 Å². The molecule has 0 aliphatic heterocycles. The van der Waals surface area contributed by atoms with E-state index in [9.17, 15) is 4.79 Å². The summed E-state index contributed by atoms with van der Waals surface area (Å²) in [5.41, 5.74) is 0. The van der Waals surface area contributed by atoms with Crippen LogP contribution in [-0.4, -0.2) is 12.1 Å². The third kappa shape index (κ3) is 11.5. The van der Waals surface area contributed by atoms with Crippen molar-refractivity contribution < 1.29 is 9.53 Å². The molecule has 1 atom stereocenters. The first kappa shape index (κ1) is 16.2. The molecule has 0 N–H and O–H groups in total. The van der Waals surface area contributed by atoms with Gasteiger partial charge in [-0.3, -0.25) is 4.79 Å². The van der Waals surface area contributed by atoms with Crippen LogP contribution in [0.1, 0.15) is 71.6 Å². The van der Waals surface area contributed by atoms with Gasteiger partial charge in [-0.1, -0.05) is 38.7 Å². The Bertz CT molecular complexity index is 199. The third-order valence-electron chi connectivity index (χ3n) is 2.95. The molecule has 2 heteroatoms. The Labute approximate surface area is 106 Å². The summed E-state index contributed by atoms with van der Waals surface area (Å²) in [7, 11) is 0. The minimum atomic E-state index is -0.0361. The number of rotatable bonds is 11. The lowest BCUT2D eigenvalue weighted by atomic mass is 10.1. The molecule has 0 rings (SSSR count). The van der Waals surface area contributed by atoms with Gasteiger partial charge in [0.1, 0.15) is 0 Å². The van der Waals surface area contributed by atoms with Gasteiger partial charge in [0.2, 0.25) is 0 Å². The van der Waals surface area contributed by atoms with Gasteiger partial charge in [-0.15, -0.1) is 6.58 Å². The van der Waals surface area contributed by atoms with Gasteiger partial charge < -0.3 is 4.74 Å². The molecule has 0 bridgehead atoms. The number of carbonyl (C=O) groups is 1. The van der Waals surface area contributed by atoms with Crippen LogP contribution in [0.4, 0.5) is 0 Å². The van der Waals surface area contributed by atoms with Crippen LogP contribution in [0.15, 0.2) is 12.7 Å². The van der Waals surface area contributed by atoms with Crippen molar-refractivity contribution in [3.05, 3.63) is 12.7 Å². The molecule has 0 spiro atoms. The molecule has 0 amide bonds. The van der Waals surface area contributed by atoms with Crippen LogP contribution < -0.4 is 0 Å². The number of hydrogen-bond donors (Lipinski definition) is 0. The van der Waals surface area contributed by atoms with E-state index in [1.165, 1.54) is 25.7 Å². The van der Waals surface area contributed by atoms with E-state index in [-0.39, 0.29) is 12.1 Å². The van der Waals surface area contributed by atoms with E-state index in [0.29, 0.717) is 6.42 Å². The summed E-state index contributed by atoms with van der Waals surface area (Å²) in [5.74, 6) is -0.0361. The highest BCUT2D eigenvalue weighted by Gasteiger charge is 2.06. The Hall–Kier alpha value is -0.790. The number of hydrogen-bond acceptors (Lipinski definition) is 2. The van der Waals surface area contributed by atoms with Gasteiger partial charge in [0, 0.05) is 6.42 Å². The number of carbonyl (C=O) groups excluding carboxylic acids is 1. The van der Waals surface area contributed by atoms with Crippen LogP contribution in [0.25, 0.3) is 0 Å². The zero-order valence-corrected chi connectivity index (χ0v) is 11.5. The molecule has 0 radical (unpaired) electrons. The maximum Gasteiger partial charge on any atom is 0.306 e. The van der Waals surface area contributed by atoms with Crippen LogP contribution in [0, 0.1) is 0 Å². The number of esters is 1. The highest BCUT2D eigenvalue weighted by atomic mass is 16.5. The summed E-state index contributed by atoms with van der Waals surface area (Å²) >= 11 is 0. The summed E-state index contributed by atoms with van der Waals surface area (Å²) in [5, 5.41) is 0. The quantitative estimate of drug-likeness (QED) is 0.299. The molecule has 0 saturated carbocycles. The Morgan fingerprint density at radius 3 is 2.35 bits per heavy atom. The third-order valence-corrected chi connectivity index (χ3v) is 2.95. The van der Waals surface area contributed by atoms with Crippen molar-refractivity contribution in [2.45, 2.75) is 77.7 Å². The topological polar surface area (TPSA) is 26.3 Å². The number of allylic oxidation sites excluding steroid dienone is 1. The van der Waals surface area contributed by atoms with Crippen molar-refractivity contribution in [3.8, 4) is 0 Å². The fourth-order valence-corrected chi connectivity index (χ4v) is 1.63. The number of unbranched alkanes of at least 4 members (excludes halogenated alkanes) is 6. The molecule has 0 aromatic carbocycles. The lowest BCUT2D eigenvalue weighted by Crippen LogP contribution is -2.13. The SMILES string of the molecule is C=CCCCCCCCCC(=O)OC(C)CC. The molecular formula is C15H28O2. The average molecular weight is 240 g/mol. The minimum Gasteiger partial charge on any atom is -0.463 e. The molecule has 0 aliphatic rings. The second-order valence-corrected chi connectivity index (χ2v) is 4.66. The first-order valence-electron chi connectivity index (χ1n) is 7.01. The van der Waals surface area contributed by atoms with Gasteiger partial charge in [-0.25, -0.2) is 0 Å². The molecule has 0 aromatic heterocycles. The molecule has 17 heavy (non-hydrogen) atoms. The standard InChI is InChI=1S/C15H28O2/c1-4-6-7-8-9-10-11-12-13-15(16)17-14(3)5-2/h4,14H,1,5-13H2,2-3H3. The Kier molecular flexibility index (Phi) is 11.1.